The summed E-state index contributed by atoms with van der Waals surface area (Å²) in [6, 6.07) is 7.90. The first kappa shape index (κ1) is 16.3. The number of nitrogens with one attached hydrogen (secondary N) is 1. The van der Waals surface area contributed by atoms with Crippen LogP contribution in [-0.2, 0) is 16.1 Å². The van der Waals surface area contributed by atoms with Crippen molar-refractivity contribution in [1.82, 2.24) is 10.2 Å². The predicted molar refractivity (Wildman–Crippen MR) is 88.4 cm³/mol. The second kappa shape index (κ2) is 6.89. The number of amides is 1. The Labute approximate surface area is 137 Å². The van der Waals surface area contributed by atoms with Gasteiger partial charge in [0.05, 0.1) is 19.3 Å². The van der Waals surface area contributed by atoms with Gasteiger partial charge in [-0.1, -0.05) is 12.1 Å². The highest BCUT2D eigenvalue weighted by Gasteiger charge is 2.42. The molecule has 2 aliphatic rings. The van der Waals surface area contributed by atoms with Crippen LogP contribution < -0.4 is 10.1 Å². The van der Waals surface area contributed by atoms with Gasteiger partial charge in [-0.15, -0.1) is 0 Å². The summed E-state index contributed by atoms with van der Waals surface area (Å²) in [5.74, 6) is 1.37. The van der Waals surface area contributed by atoms with Gasteiger partial charge in [-0.25, -0.2) is 0 Å². The SMILES string of the molecule is COc1ccc(CN2CC(C)(C3CCCNC3)OCC2=O)cc1. The number of rotatable bonds is 4. The first-order valence-corrected chi connectivity index (χ1v) is 8.36. The van der Waals surface area contributed by atoms with Gasteiger partial charge in [0.25, 0.3) is 0 Å². The fraction of sp³-hybridized carbons (Fsp3) is 0.611. The van der Waals surface area contributed by atoms with Crippen molar-refractivity contribution in [2.75, 3.05) is 33.4 Å². The van der Waals surface area contributed by atoms with Crippen LogP contribution >= 0.6 is 0 Å². The monoisotopic (exact) mass is 318 g/mol. The van der Waals surface area contributed by atoms with E-state index in [2.05, 4.69) is 12.2 Å². The van der Waals surface area contributed by atoms with E-state index in [-0.39, 0.29) is 18.1 Å². The zero-order valence-electron chi connectivity index (χ0n) is 14.0. The van der Waals surface area contributed by atoms with E-state index in [1.165, 1.54) is 6.42 Å². The highest BCUT2D eigenvalue weighted by Crippen LogP contribution is 2.32. The molecule has 0 saturated carbocycles. The van der Waals surface area contributed by atoms with Crippen molar-refractivity contribution in [3.05, 3.63) is 29.8 Å². The van der Waals surface area contributed by atoms with Crippen molar-refractivity contribution < 1.29 is 14.3 Å². The van der Waals surface area contributed by atoms with Crippen molar-refractivity contribution in [3.63, 3.8) is 0 Å². The summed E-state index contributed by atoms with van der Waals surface area (Å²) >= 11 is 0. The zero-order valence-corrected chi connectivity index (χ0v) is 14.0. The average Bonchev–Trinajstić information content (AvgIpc) is 2.60. The molecule has 2 unspecified atom stereocenters. The maximum Gasteiger partial charge on any atom is 0.248 e. The normalized spacial score (nSPS) is 28.7. The van der Waals surface area contributed by atoms with Gasteiger partial charge in [-0.05, 0) is 44.0 Å². The molecule has 5 heteroatoms. The summed E-state index contributed by atoms with van der Waals surface area (Å²) in [6.45, 7) is 5.68. The first-order chi connectivity index (χ1) is 11.1. The molecule has 2 fully saturated rings. The van der Waals surface area contributed by atoms with E-state index < -0.39 is 0 Å². The summed E-state index contributed by atoms with van der Waals surface area (Å²) in [4.78, 5) is 14.2. The smallest absolute Gasteiger partial charge is 0.248 e. The third-order valence-corrected chi connectivity index (χ3v) is 5.08. The van der Waals surface area contributed by atoms with Crippen LogP contribution in [0.25, 0.3) is 0 Å². The number of piperidine rings is 1. The van der Waals surface area contributed by atoms with Crippen LogP contribution in [0.5, 0.6) is 5.75 Å². The Hall–Kier alpha value is -1.59. The van der Waals surface area contributed by atoms with Crippen LogP contribution in [0, 0.1) is 5.92 Å². The highest BCUT2D eigenvalue weighted by molar-refractivity contribution is 5.78. The lowest BCUT2D eigenvalue weighted by atomic mass is 9.82. The van der Waals surface area contributed by atoms with Crippen molar-refractivity contribution in [2.45, 2.75) is 31.9 Å². The predicted octanol–water partition coefficient (Wildman–Crippen LogP) is 1.81. The molecule has 126 valence electrons. The van der Waals surface area contributed by atoms with Crippen LogP contribution in [-0.4, -0.2) is 49.8 Å². The van der Waals surface area contributed by atoms with Gasteiger partial charge in [-0.2, -0.15) is 0 Å². The molecule has 0 spiro atoms. The second-order valence-corrected chi connectivity index (χ2v) is 6.74. The standard InChI is InChI=1S/C18H26N2O3/c1-18(15-4-3-9-19-10-15)13-20(17(21)12-23-18)11-14-5-7-16(22-2)8-6-14/h5-8,15,19H,3-4,9-13H2,1-2H3. The third-order valence-electron chi connectivity index (χ3n) is 5.08. The molecule has 1 aromatic rings. The number of carbonyl (C=O) groups excluding carboxylic acids is 1. The van der Waals surface area contributed by atoms with Gasteiger partial charge in [-0.3, -0.25) is 4.79 Å². The van der Waals surface area contributed by atoms with Crippen molar-refractivity contribution in [2.24, 2.45) is 5.92 Å². The molecule has 0 aromatic heterocycles. The number of hydrogen-bond acceptors (Lipinski definition) is 4. The van der Waals surface area contributed by atoms with Crippen LogP contribution in [0.15, 0.2) is 24.3 Å². The first-order valence-electron chi connectivity index (χ1n) is 8.36. The molecule has 1 N–H and O–H groups in total. The molecule has 2 atom stereocenters. The number of hydrogen-bond donors (Lipinski definition) is 1. The molecule has 2 saturated heterocycles. The summed E-state index contributed by atoms with van der Waals surface area (Å²) in [5, 5.41) is 3.45. The van der Waals surface area contributed by atoms with Crippen molar-refractivity contribution >= 4 is 5.91 Å². The molecule has 5 nitrogen and oxygen atoms in total. The molecule has 3 rings (SSSR count). The number of nitrogens with zero attached hydrogens (tertiary/aromatic N) is 1. The third kappa shape index (κ3) is 3.67. The molecule has 23 heavy (non-hydrogen) atoms. The van der Waals surface area contributed by atoms with E-state index in [0.29, 0.717) is 19.0 Å². The van der Waals surface area contributed by atoms with Crippen molar-refractivity contribution in [3.8, 4) is 5.75 Å². The molecule has 2 aliphatic heterocycles. The molecule has 1 aromatic carbocycles. The number of benzene rings is 1. The summed E-state index contributed by atoms with van der Waals surface area (Å²) in [7, 11) is 1.66. The Kier molecular flexibility index (Phi) is 4.87. The molecule has 0 aliphatic carbocycles. The number of morpholine rings is 1. The van der Waals surface area contributed by atoms with Crippen molar-refractivity contribution in [1.29, 1.82) is 0 Å². The molecular formula is C18H26N2O3. The minimum atomic E-state index is -0.256. The van der Waals surface area contributed by atoms with Gasteiger partial charge in [0.2, 0.25) is 5.91 Å². The fourth-order valence-corrected chi connectivity index (χ4v) is 3.55. The number of carbonyl (C=O) groups is 1. The lowest BCUT2D eigenvalue weighted by Gasteiger charge is -2.46. The molecule has 0 radical (unpaired) electrons. The Bertz CT molecular complexity index is 540. The Morgan fingerprint density at radius 3 is 2.83 bits per heavy atom. The van der Waals surface area contributed by atoms with Crippen LogP contribution in [0.1, 0.15) is 25.3 Å². The highest BCUT2D eigenvalue weighted by atomic mass is 16.5. The largest absolute Gasteiger partial charge is 0.497 e. The van der Waals surface area contributed by atoms with E-state index in [1.807, 2.05) is 29.2 Å². The fourth-order valence-electron chi connectivity index (χ4n) is 3.55. The van der Waals surface area contributed by atoms with Gasteiger partial charge in [0.1, 0.15) is 12.4 Å². The van der Waals surface area contributed by atoms with Crippen LogP contribution in [0.3, 0.4) is 0 Å². The zero-order chi connectivity index (χ0) is 16.3. The Morgan fingerprint density at radius 2 is 2.17 bits per heavy atom. The summed E-state index contributed by atoms with van der Waals surface area (Å²) in [6.07, 6.45) is 2.34. The summed E-state index contributed by atoms with van der Waals surface area (Å²) < 4.78 is 11.2. The lowest BCUT2D eigenvalue weighted by molar-refractivity contribution is -0.172. The molecular weight excluding hydrogens is 292 g/mol. The molecule has 2 heterocycles. The number of methoxy groups -OCH3 is 1. The molecule has 0 bridgehead atoms. The van der Waals surface area contributed by atoms with E-state index >= 15 is 0 Å². The maximum atomic E-state index is 12.3. The quantitative estimate of drug-likeness (QED) is 0.920. The lowest BCUT2D eigenvalue weighted by Crippen LogP contribution is -2.58. The Balaban J connectivity index is 1.68. The van der Waals surface area contributed by atoms with E-state index in [4.69, 9.17) is 9.47 Å². The van der Waals surface area contributed by atoms with Gasteiger partial charge >= 0.3 is 0 Å². The average molecular weight is 318 g/mol. The molecule has 1 amide bonds. The Morgan fingerprint density at radius 1 is 1.39 bits per heavy atom. The van der Waals surface area contributed by atoms with Crippen LogP contribution in [0.4, 0.5) is 0 Å². The topological polar surface area (TPSA) is 50.8 Å². The minimum Gasteiger partial charge on any atom is -0.497 e. The summed E-state index contributed by atoms with van der Waals surface area (Å²) in [5.41, 5.74) is 0.860. The van der Waals surface area contributed by atoms with Gasteiger partial charge < -0.3 is 19.7 Å². The van der Waals surface area contributed by atoms with E-state index in [1.54, 1.807) is 7.11 Å². The second-order valence-electron chi connectivity index (χ2n) is 6.74. The van der Waals surface area contributed by atoms with E-state index in [9.17, 15) is 4.79 Å². The minimum absolute atomic E-state index is 0.0714. The number of ether oxygens (including phenoxy) is 2. The van der Waals surface area contributed by atoms with Crippen LogP contribution in [0.2, 0.25) is 0 Å². The van der Waals surface area contributed by atoms with Gasteiger partial charge in [0, 0.05) is 19.0 Å². The maximum absolute atomic E-state index is 12.3. The van der Waals surface area contributed by atoms with E-state index in [0.717, 1.165) is 30.8 Å². The van der Waals surface area contributed by atoms with Gasteiger partial charge in [0.15, 0.2) is 0 Å².